The third kappa shape index (κ3) is 7.65. The number of nitrogens with zero attached hydrogens (tertiary/aromatic N) is 6. The Hall–Kier alpha value is -2.88. The molecule has 9 heteroatoms. The normalized spacial score (nSPS) is 20.1. The number of likely N-dealkylation sites (tertiary alicyclic amines) is 2. The van der Waals surface area contributed by atoms with Crippen LogP contribution in [0, 0.1) is 11.8 Å². The Labute approximate surface area is 238 Å². The van der Waals surface area contributed by atoms with Gasteiger partial charge in [0.1, 0.15) is 0 Å². The number of aliphatic hydroxyl groups is 1. The minimum absolute atomic E-state index is 0.114. The summed E-state index contributed by atoms with van der Waals surface area (Å²) in [6, 6.07) is 12.1. The number of carbonyl (C=O) groups is 2. The molecule has 9 nitrogen and oxygen atoms in total. The van der Waals surface area contributed by atoms with Crippen molar-refractivity contribution in [2.75, 3.05) is 45.9 Å². The fourth-order valence-electron chi connectivity index (χ4n) is 6.20. The third-order valence-corrected chi connectivity index (χ3v) is 8.76. The summed E-state index contributed by atoms with van der Waals surface area (Å²) in [7, 11) is 0. The zero-order valence-electron chi connectivity index (χ0n) is 23.9. The van der Waals surface area contributed by atoms with E-state index in [-0.39, 0.29) is 18.4 Å². The lowest BCUT2D eigenvalue weighted by molar-refractivity contribution is -0.135. The van der Waals surface area contributed by atoms with Crippen molar-refractivity contribution in [2.24, 2.45) is 11.8 Å². The maximum Gasteiger partial charge on any atom is 0.236 e. The molecule has 2 amide bonds. The van der Waals surface area contributed by atoms with Gasteiger partial charge >= 0.3 is 0 Å². The van der Waals surface area contributed by atoms with Gasteiger partial charge in [-0.2, -0.15) is 0 Å². The van der Waals surface area contributed by atoms with Crippen LogP contribution in [-0.4, -0.2) is 92.4 Å². The molecular formula is C31H44N6O3. The minimum atomic E-state index is 0.114. The second-order valence-electron chi connectivity index (χ2n) is 11.8. The van der Waals surface area contributed by atoms with Crippen LogP contribution < -0.4 is 0 Å². The molecule has 0 aliphatic carbocycles. The predicted molar refractivity (Wildman–Crippen MR) is 153 cm³/mol. The van der Waals surface area contributed by atoms with Gasteiger partial charge in [0.15, 0.2) is 0 Å². The van der Waals surface area contributed by atoms with Crippen molar-refractivity contribution in [3.8, 4) is 0 Å². The van der Waals surface area contributed by atoms with Crippen LogP contribution in [0.5, 0.6) is 0 Å². The molecule has 3 aliphatic heterocycles. The summed E-state index contributed by atoms with van der Waals surface area (Å²) in [5, 5.41) is 9.45. The summed E-state index contributed by atoms with van der Waals surface area (Å²) < 4.78 is 0. The highest BCUT2D eigenvalue weighted by atomic mass is 16.3. The number of aliphatic hydroxyl groups excluding tert-OH is 1. The molecule has 40 heavy (non-hydrogen) atoms. The van der Waals surface area contributed by atoms with E-state index in [1.165, 1.54) is 6.42 Å². The molecule has 5 heterocycles. The Balaban J connectivity index is 1.30. The first-order valence-corrected chi connectivity index (χ1v) is 15.0. The van der Waals surface area contributed by atoms with Crippen LogP contribution in [0.1, 0.15) is 61.8 Å². The molecule has 0 spiro atoms. The SMILES string of the molecule is CCC1CCN(C(=O)CN2Cc3cccc(n3)CN(CC(=O)N3CCC(CO)CC3)Cc3cccc(n3)C2)CC1. The van der Waals surface area contributed by atoms with Crippen LogP contribution in [-0.2, 0) is 35.8 Å². The first-order valence-electron chi connectivity index (χ1n) is 15.0. The molecule has 0 atom stereocenters. The van der Waals surface area contributed by atoms with Gasteiger partial charge in [0, 0.05) is 59.0 Å². The predicted octanol–water partition coefficient (Wildman–Crippen LogP) is 2.67. The number of pyridine rings is 2. The van der Waals surface area contributed by atoms with Gasteiger partial charge in [-0.15, -0.1) is 0 Å². The van der Waals surface area contributed by atoms with Crippen LogP contribution in [0.15, 0.2) is 36.4 Å². The van der Waals surface area contributed by atoms with Gasteiger partial charge in [-0.25, -0.2) is 0 Å². The summed E-state index contributed by atoms with van der Waals surface area (Å²) in [6.07, 6.45) is 5.08. The zero-order chi connectivity index (χ0) is 27.9. The van der Waals surface area contributed by atoms with Crippen LogP contribution in [0.25, 0.3) is 0 Å². The van der Waals surface area contributed by atoms with Gasteiger partial charge in [0.05, 0.1) is 35.9 Å². The smallest absolute Gasteiger partial charge is 0.236 e. The molecule has 0 saturated carbocycles. The molecular weight excluding hydrogens is 504 g/mol. The van der Waals surface area contributed by atoms with Gasteiger partial charge in [-0.05, 0) is 61.8 Å². The Morgan fingerprint density at radius 1 is 0.700 bits per heavy atom. The average molecular weight is 549 g/mol. The number of piperidine rings is 2. The standard InChI is InChI=1S/C31H44N6O3/c1-2-24-9-13-36(14-10-24)30(39)21-34-17-26-5-3-7-28(32-26)19-35(20-29-8-4-6-27(18-34)33-29)22-31(40)37-15-11-25(23-38)12-16-37/h3-8,24-25,38H,2,9-23H2,1H3. The van der Waals surface area contributed by atoms with E-state index in [2.05, 4.69) is 16.7 Å². The highest BCUT2D eigenvalue weighted by Gasteiger charge is 2.26. The summed E-state index contributed by atoms with van der Waals surface area (Å²) >= 11 is 0. The molecule has 2 aromatic heterocycles. The summed E-state index contributed by atoms with van der Waals surface area (Å²) in [4.78, 5) is 44.6. The Kier molecular flexibility index (Phi) is 9.78. The molecule has 1 N–H and O–H groups in total. The van der Waals surface area contributed by atoms with Crippen LogP contribution >= 0.6 is 0 Å². The number of rotatable bonds is 6. The van der Waals surface area contributed by atoms with E-state index < -0.39 is 0 Å². The van der Waals surface area contributed by atoms with Crippen molar-refractivity contribution in [3.05, 3.63) is 59.2 Å². The first-order chi connectivity index (χ1) is 19.5. The van der Waals surface area contributed by atoms with Crippen molar-refractivity contribution >= 4 is 11.8 Å². The Morgan fingerprint density at radius 2 is 1.07 bits per heavy atom. The van der Waals surface area contributed by atoms with E-state index in [9.17, 15) is 14.7 Å². The van der Waals surface area contributed by atoms with Crippen LogP contribution in [0.4, 0.5) is 0 Å². The molecule has 2 fully saturated rings. The van der Waals surface area contributed by atoms with Crippen molar-refractivity contribution in [2.45, 2.75) is 65.2 Å². The number of hydrogen-bond donors (Lipinski definition) is 1. The largest absolute Gasteiger partial charge is 0.396 e. The zero-order valence-corrected chi connectivity index (χ0v) is 23.9. The lowest BCUT2D eigenvalue weighted by atomic mass is 9.94. The van der Waals surface area contributed by atoms with E-state index in [1.54, 1.807) is 0 Å². The molecule has 3 aliphatic rings. The van der Waals surface area contributed by atoms with E-state index >= 15 is 0 Å². The summed E-state index contributed by atoms with van der Waals surface area (Å²) in [6.45, 7) is 8.40. The van der Waals surface area contributed by atoms with Crippen LogP contribution in [0.3, 0.4) is 0 Å². The summed E-state index contributed by atoms with van der Waals surface area (Å²) in [5.74, 6) is 1.33. The number of fused-ring (bicyclic) bond motifs is 4. The molecule has 0 radical (unpaired) electrons. The number of carbonyl (C=O) groups excluding carboxylic acids is 2. The quantitative estimate of drug-likeness (QED) is 0.593. The molecule has 0 aromatic carbocycles. The lowest BCUT2D eigenvalue weighted by Gasteiger charge is -2.33. The fourth-order valence-corrected chi connectivity index (χ4v) is 6.20. The highest BCUT2D eigenvalue weighted by Crippen LogP contribution is 2.21. The monoisotopic (exact) mass is 548 g/mol. The topological polar surface area (TPSA) is 93.1 Å². The minimum Gasteiger partial charge on any atom is -0.396 e. The van der Waals surface area contributed by atoms with Gasteiger partial charge in [0.25, 0.3) is 0 Å². The fraction of sp³-hybridized carbons (Fsp3) is 0.613. The molecule has 216 valence electrons. The van der Waals surface area contributed by atoms with Crippen molar-refractivity contribution in [1.82, 2.24) is 29.6 Å². The maximum atomic E-state index is 13.3. The van der Waals surface area contributed by atoms with Gasteiger partial charge in [-0.1, -0.05) is 25.5 Å². The van der Waals surface area contributed by atoms with Crippen LogP contribution in [0.2, 0.25) is 0 Å². The van der Waals surface area contributed by atoms with Crippen molar-refractivity contribution in [3.63, 3.8) is 0 Å². The van der Waals surface area contributed by atoms with E-state index in [4.69, 9.17) is 9.97 Å². The number of amides is 2. The second-order valence-corrected chi connectivity index (χ2v) is 11.8. The Bertz CT molecular complexity index is 1010. The van der Waals surface area contributed by atoms with E-state index in [0.717, 1.165) is 67.5 Å². The molecule has 2 aromatic rings. The highest BCUT2D eigenvalue weighted by molar-refractivity contribution is 5.78. The molecule has 5 rings (SSSR count). The van der Waals surface area contributed by atoms with Gasteiger partial charge < -0.3 is 14.9 Å². The van der Waals surface area contributed by atoms with Gasteiger partial charge in [0.2, 0.25) is 11.8 Å². The van der Waals surface area contributed by atoms with E-state index in [0.29, 0.717) is 58.3 Å². The molecule has 4 bridgehead atoms. The average Bonchev–Trinajstić information content (AvgIpc) is 2.97. The van der Waals surface area contributed by atoms with E-state index in [1.807, 2.05) is 46.2 Å². The third-order valence-electron chi connectivity index (χ3n) is 8.76. The number of aromatic nitrogens is 2. The lowest BCUT2D eigenvalue weighted by Crippen LogP contribution is -2.44. The molecule has 0 unspecified atom stereocenters. The maximum absolute atomic E-state index is 13.3. The van der Waals surface area contributed by atoms with Crippen molar-refractivity contribution < 1.29 is 14.7 Å². The summed E-state index contributed by atoms with van der Waals surface area (Å²) in [5.41, 5.74) is 3.66. The second kappa shape index (κ2) is 13.7. The Morgan fingerprint density at radius 3 is 1.43 bits per heavy atom. The molecule has 2 saturated heterocycles. The number of hydrogen-bond acceptors (Lipinski definition) is 7. The van der Waals surface area contributed by atoms with Crippen molar-refractivity contribution in [1.29, 1.82) is 0 Å². The first kappa shape index (κ1) is 28.6. The van der Waals surface area contributed by atoms with Gasteiger partial charge in [-0.3, -0.25) is 29.4 Å².